The number of halogens is 3. The van der Waals surface area contributed by atoms with Gasteiger partial charge in [0.05, 0.1) is 16.2 Å². The third-order valence-electron chi connectivity index (χ3n) is 1.08. The number of benzene rings is 1. The second-order valence-corrected chi connectivity index (χ2v) is 2.21. The Labute approximate surface area is 71.8 Å². The van der Waals surface area contributed by atoms with Crippen LogP contribution in [0.4, 0.5) is 8.78 Å². The molecule has 4 heteroatoms. The van der Waals surface area contributed by atoms with Gasteiger partial charge in [0.15, 0.2) is 11.6 Å². The van der Waals surface area contributed by atoms with E-state index in [0.29, 0.717) is 6.07 Å². The molecular weight excluding hydrogens is 174 g/mol. The minimum absolute atomic E-state index is 0.398. The first-order valence-electron chi connectivity index (χ1n) is 4.13. The van der Waals surface area contributed by atoms with E-state index in [1.807, 2.05) is 0 Å². The van der Waals surface area contributed by atoms with Crippen LogP contribution in [-0.2, 0) is 0 Å². The molecule has 0 spiro atoms. The molecule has 1 aromatic rings. The van der Waals surface area contributed by atoms with Crippen molar-refractivity contribution in [3.63, 3.8) is 0 Å². The lowest BCUT2D eigenvalue weighted by molar-refractivity contribution is 0.384. The molecule has 0 aromatic heterocycles. The maximum Gasteiger partial charge on any atom is 0.168 e. The van der Waals surface area contributed by atoms with Gasteiger partial charge in [0.1, 0.15) is 5.82 Å². The van der Waals surface area contributed by atoms with Crippen LogP contribution in [0.25, 0.3) is 0 Å². The van der Waals surface area contributed by atoms with Gasteiger partial charge in [-0.05, 0) is 0 Å². The van der Waals surface area contributed by atoms with E-state index >= 15 is 0 Å². The number of ether oxygens (including phenoxy) is 1. The molecule has 0 aliphatic rings. The lowest BCUT2D eigenvalue weighted by atomic mass is 10.3. The van der Waals surface area contributed by atoms with Crippen LogP contribution in [0.1, 0.15) is 4.11 Å². The Kier molecular flexibility index (Phi) is 1.37. The average molecular weight is 182 g/mol. The zero-order chi connectivity index (χ0) is 10.9. The number of rotatable bonds is 1. The Morgan fingerprint density at radius 3 is 2.82 bits per heavy atom. The van der Waals surface area contributed by atoms with Gasteiger partial charge >= 0.3 is 0 Å². The molecule has 0 amide bonds. The van der Waals surface area contributed by atoms with Crippen molar-refractivity contribution >= 4 is 11.6 Å². The zero-order valence-electron chi connectivity index (χ0n) is 8.20. The van der Waals surface area contributed by atoms with Gasteiger partial charge in [0, 0.05) is 12.1 Å². The monoisotopic (exact) mass is 181 g/mol. The molecule has 1 aromatic carbocycles. The SMILES string of the molecule is [2H]C([2H])([2H])Oc1cc(Cl)c(F)cc1F. The van der Waals surface area contributed by atoms with Crippen molar-refractivity contribution in [3.05, 3.63) is 28.8 Å². The summed E-state index contributed by atoms with van der Waals surface area (Å²) in [5, 5.41) is -0.398. The molecule has 0 aliphatic heterocycles. The summed E-state index contributed by atoms with van der Waals surface area (Å²) in [6.07, 6.45) is 0. The molecule has 0 bridgehead atoms. The zero-order valence-corrected chi connectivity index (χ0v) is 5.95. The second-order valence-electron chi connectivity index (χ2n) is 1.80. The van der Waals surface area contributed by atoms with E-state index in [4.69, 9.17) is 15.7 Å². The quantitative estimate of drug-likeness (QED) is 0.606. The van der Waals surface area contributed by atoms with Gasteiger partial charge in [-0.25, -0.2) is 8.78 Å². The predicted octanol–water partition coefficient (Wildman–Crippen LogP) is 2.63. The Morgan fingerprint density at radius 2 is 2.18 bits per heavy atom. The Hall–Kier alpha value is -0.830. The second kappa shape index (κ2) is 3.05. The summed E-state index contributed by atoms with van der Waals surface area (Å²) in [4.78, 5) is 0. The third kappa shape index (κ3) is 1.60. The molecule has 0 radical (unpaired) electrons. The highest BCUT2D eigenvalue weighted by Crippen LogP contribution is 2.24. The molecule has 0 heterocycles. The Bertz CT molecular complexity index is 354. The van der Waals surface area contributed by atoms with E-state index < -0.39 is 29.4 Å². The fraction of sp³-hybridized carbons (Fsp3) is 0.143. The van der Waals surface area contributed by atoms with Crippen molar-refractivity contribution in [1.82, 2.24) is 0 Å². The lowest BCUT2D eigenvalue weighted by Crippen LogP contribution is -1.89. The van der Waals surface area contributed by atoms with E-state index in [2.05, 4.69) is 4.74 Å². The highest BCUT2D eigenvalue weighted by molar-refractivity contribution is 6.30. The summed E-state index contributed by atoms with van der Waals surface area (Å²) < 4.78 is 49.8. The van der Waals surface area contributed by atoms with E-state index in [-0.39, 0.29) is 0 Å². The Balaban J connectivity index is 3.04. The summed E-state index contributed by atoms with van der Waals surface area (Å²) in [7, 11) is -2.79. The normalized spacial score (nSPS) is 15.0. The fourth-order valence-electron chi connectivity index (χ4n) is 0.583. The van der Waals surface area contributed by atoms with Crippen LogP contribution in [0.15, 0.2) is 12.1 Å². The van der Waals surface area contributed by atoms with Gasteiger partial charge in [-0.3, -0.25) is 0 Å². The number of hydrogen-bond donors (Lipinski definition) is 0. The molecule has 0 saturated heterocycles. The summed E-state index contributed by atoms with van der Waals surface area (Å²) in [5.41, 5.74) is 0. The summed E-state index contributed by atoms with van der Waals surface area (Å²) in [6.45, 7) is 0. The standard InChI is InChI=1S/C7H5ClF2O/c1-11-7-2-4(8)5(9)3-6(7)10/h2-3H,1H3/i1D3. The van der Waals surface area contributed by atoms with Gasteiger partial charge in [0.2, 0.25) is 0 Å². The van der Waals surface area contributed by atoms with Crippen molar-refractivity contribution in [1.29, 1.82) is 0 Å². The fourth-order valence-corrected chi connectivity index (χ4v) is 0.736. The molecular formula is C7H5ClF2O. The highest BCUT2D eigenvalue weighted by Gasteiger charge is 2.07. The van der Waals surface area contributed by atoms with Gasteiger partial charge < -0.3 is 4.74 Å². The number of hydrogen-bond acceptors (Lipinski definition) is 1. The third-order valence-corrected chi connectivity index (χ3v) is 1.37. The first-order valence-corrected chi connectivity index (χ1v) is 3.01. The molecule has 0 aliphatic carbocycles. The van der Waals surface area contributed by atoms with Crippen LogP contribution < -0.4 is 4.74 Å². The van der Waals surface area contributed by atoms with E-state index in [9.17, 15) is 8.78 Å². The van der Waals surface area contributed by atoms with E-state index in [1.54, 1.807) is 0 Å². The van der Waals surface area contributed by atoms with Crippen molar-refractivity contribution in [2.45, 2.75) is 0 Å². The summed E-state index contributed by atoms with van der Waals surface area (Å²) >= 11 is 5.31. The smallest absolute Gasteiger partial charge is 0.168 e. The van der Waals surface area contributed by atoms with Crippen molar-refractivity contribution in [3.8, 4) is 5.75 Å². The minimum Gasteiger partial charge on any atom is -0.494 e. The first-order chi connectivity index (χ1) is 6.29. The van der Waals surface area contributed by atoms with Crippen molar-refractivity contribution in [2.75, 3.05) is 7.04 Å². The van der Waals surface area contributed by atoms with Crippen LogP contribution in [0.5, 0.6) is 5.75 Å². The molecule has 0 unspecified atom stereocenters. The van der Waals surface area contributed by atoms with Crippen LogP contribution in [0.3, 0.4) is 0 Å². The molecule has 0 saturated carbocycles. The predicted molar refractivity (Wildman–Crippen MR) is 37.9 cm³/mol. The van der Waals surface area contributed by atoms with Gasteiger partial charge in [-0.15, -0.1) is 0 Å². The Morgan fingerprint density at radius 1 is 1.45 bits per heavy atom. The molecule has 1 rings (SSSR count). The molecule has 0 fully saturated rings. The molecule has 0 N–H and O–H groups in total. The maximum atomic E-state index is 12.9. The van der Waals surface area contributed by atoms with Crippen molar-refractivity contribution in [2.24, 2.45) is 0 Å². The van der Waals surface area contributed by atoms with Gasteiger partial charge in [0.25, 0.3) is 0 Å². The maximum absolute atomic E-state index is 12.9. The molecule has 60 valence electrons. The molecule has 0 atom stereocenters. The van der Waals surface area contributed by atoms with Crippen LogP contribution in [-0.4, -0.2) is 7.04 Å². The summed E-state index contributed by atoms with van der Waals surface area (Å²) in [6, 6.07) is 1.24. The largest absolute Gasteiger partial charge is 0.494 e. The first kappa shape index (κ1) is 4.93. The highest BCUT2D eigenvalue weighted by atomic mass is 35.5. The van der Waals surface area contributed by atoms with Crippen LogP contribution in [0.2, 0.25) is 5.02 Å². The van der Waals surface area contributed by atoms with Crippen LogP contribution in [0, 0.1) is 11.6 Å². The van der Waals surface area contributed by atoms with E-state index in [1.165, 1.54) is 0 Å². The molecule has 1 nitrogen and oxygen atoms in total. The van der Waals surface area contributed by atoms with Gasteiger partial charge in [-0.1, -0.05) is 11.6 Å². The summed E-state index contributed by atoms with van der Waals surface area (Å²) in [5.74, 6) is -2.68. The van der Waals surface area contributed by atoms with Crippen LogP contribution >= 0.6 is 11.6 Å². The molecule has 11 heavy (non-hydrogen) atoms. The van der Waals surface area contributed by atoms with Crippen molar-refractivity contribution < 1.29 is 17.6 Å². The topological polar surface area (TPSA) is 9.23 Å². The van der Waals surface area contributed by atoms with Gasteiger partial charge in [-0.2, -0.15) is 0 Å². The number of methoxy groups -OCH3 is 1. The minimum atomic E-state index is -2.79. The average Bonchev–Trinajstić information content (AvgIpc) is 1.97. The van der Waals surface area contributed by atoms with E-state index in [0.717, 1.165) is 6.07 Å². The lowest BCUT2D eigenvalue weighted by Gasteiger charge is -2.01.